The topological polar surface area (TPSA) is 71.4 Å². The third kappa shape index (κ3) is 8.52. The van der Waals surface area contributed by atoms with Gasteiger partial charge in [-0.3, -0.25) is 4.79 Å². The zero-order valence-electron chi connectivity index (χ0n) is 15.3. The van der Waals surface area contributed by atoms with Crippen LogP contribution in [0, 0.1) is 0 Å². The first kappa shape index (κ1) is 21.7. The van der Waals surface area contributed by atoms with E-state index < -0.39 is 21.1 Å². The van der Waals surface area contributed by atoms with Crippen molar-refractivity contribution in [3.05, 3.63) is 35.9 Å². The van der Waals surface area contributed by atoms with Crippen molar-refractivity contribution in [3.8, 4) is 0 Å². The number of carbonyl (C=O) groups is 1. The number of unbranched alkanes of at least 4 members (excludes halogenated alkanes) is 9. The maximum absolute atomic E-state index is 12.4. The lowest BCUT2D eigenvalue weighted by Crippen LogP contribution is -2.24. The van der Waals surface area contributed by atoms with Gasteiger partial charge in [0.05, 0.1) is 5.75 Å². The third-order valence-electron chi connectivity index (χ3n) is 4.47. The van der Waals surface area contributed by atoms with Gasteiger partial charge < -0.3 is 5.11 Å². The van der Waals surface area contributed by atoms with Crippen molar-refractivity contribution in [1.82, 2.24) is 0 Å². The molecule has 0 heterocycles. The molecule has 0 saturated carbocycles. The van der Waals surface area contributed by atoms with Gasteiger partial charge in [-0.15, -0.1) is 0 Å². The van der Waals surface area contributed by atoms with E-state index in [9.17, 15) is 18.3 Å². The highest BCUT2D eigenvalue weighted by molar-refractivity contribution is 7.92. The van der Waals surface area contributed by atoms with Crippen molar-refractivity contribution in [2.45, 2.75) is 76.4 Å². The molecule has 0 aromatic heterocycles. The molecule has 5 heteroatoms. The molecule has 0 saturated heterocycles. The quantitative estimate of drug-likeness (QED) is 0.461. The summed E-state index contributed by atoms with van der Waals surface area (Å²) in [7, 11) is -3.68. The smallest absolute Gasteiger partial charge is 0.326 e. The minimum atomic E-state index is -3.68. The molecule has 1 aromatic carbocycles. The highest BCUT2D eigenvalue weighted by Crippen LogP contribution is 2.24. The second-order valence-electron chi connectivity index (χ2n) is 6.68. The Morgan fingerprint density at radius 3 is 1.84 bits per heavy atom. The molecule has 0 aliphatic rings. The molecular formula is C20H32O4S. The maximum Gasteiger partial charge on any atom is 0.326 e. The predicted octanol–water partition coefficient (Wildman–Crippen LogP) is 5.15. The van der Waals surface area contributed by atoms with Gasteiger partial charge in [-0.1, -0.05) is 95.0 Å². The van der Waals surface area contributed by atoms with Crippen molar-refractivity contribution in [2.24, 2.45) is 0 Å². The second kappa shape index (κ2) is 12.1. The Morgan fingerprint density at radius 1 is 0.880 bits per heavy atom. The molecule has 0 amide bonds. The zero-order chi connectivity index (χ0) is 18.5. The molecule has 1 aromatic rings. The van der Waals surface area contributed by atoms with Gasteiger partial charge >= 0.3 is 5.97 Å². The summed E-state index contributed by atoms with van der Waals surface area (Å²) in [6, 6.07) is 8.21. The van der Waals surface area contributed by atoms with Gasteiger partial charge in [0, 0.05) is 0 Å². The van der Waals surface area contributed by atoms with Gasteiger partial charge in [0.1, 0.15) is 0 Å². The van der Waals surface area contributed by atoms with Gasteiger partial charge in [0.25, 0.3) is 0 Å². The zero-order valence-corrected chi connectivity index (χ0v) is 16.1. The summed E-state index contributed by atoms with van der Waals surface area (Å²) in [6.45, 7) is 2.21. The number of sulfone groups is 1. The Labute approximate surface area is 152 Å². The van der Waals surface area contributed by atoms with Crippen molar-refractivity contribution in [3.63, 3.8) is 0 Å². The normalized spacial score (nSPS) is 12.8. The van der Waals surface area contributed by atoms with Crippen molar-refractivity contribution >= 4 is 15.8 Å². The first-order valence-electron chi connectivity index (χ1n) is 9.48. The summed E-state index contributed by atoms with van der Waals surface area (Å²) in [4.78, 5) is 11.4. The lowest BCUT2D eigenvalue weighted by atomic mass is 10.1. The maximum atomic E-state index is 12.4. The molecule has 1 N–H and O–H groups in total. The van der Waals surface area contributed by atoms with E-state index in [1.165, 1.54) is 38.5 Å². The van der Waals surface area contributed by atoms with E-state index in [0.29, 0.717) is 12.0 Å². The molecule has 1 unspecified atom stereocenters. The molecule has 0 fully saturated rings. The van der Waals surface area contributed by atoms with Crippen LogP contribution in [-0.4, -0.2) is 25.2 Å². The molecule has 0 radical (unpaired) electrons. The molecule has 25 heavy (non-hydrogen) atoms. The lowest BCUT2D eigenvalue weighted by molar-refractivity contribution is -0.136. The van der Waals surface area contributed by atoms with E-state index in [0.717, 1.165) is 19.3 Å². The molecular weight excluding hydrogens is 336 g/mol. The van der Waals surface area contributed by atoms with Gasteiger partial charge in [0.2, 0.25) is 0 Å². The number of benzene rings is 1. The fraction of sp³-hybridized carbons (Fsp3) is 0.650. The lowest BCUT2D eigenvalue weighted by Gasteiger charge is -2.14. The summed E-state index contributed by atoms with van der Waals surface area (Å²) >= 11 is 0. The Kier molecular flexibility index (Phi) is 10.5. The molecule has 0 aliphatic heterocycles. The van der Waals surface area contributed by atoms with Gasteiger partial charge in [-0.05, 0) is 12.0 Å². The number of aliphatic carboxylic acids is 1. The number of hydrogen-bond acceptors (Lipinski definition) is 3. The minimum absolute atomic E-state index is 0.0602. The summed E-state index contributed by atoms with van der Waals surface area (Å²) in [5.41, 5.74) is 0.335. The fourth-order valence-electron chi connectivity index (χ4n) is 3.04. The van der Waals surface area contributed by atoms with Crippen LogP contribution in [0.3, 0.4) is 0 Å². The van der Waals surface area contributed by atoms with E-state index in [4.69, 9.17) is 0 Å². The molecule has 4 nitrogen and oxygen atoms in total. The predicted molar refractivity (Wildman–Crippen MR) is 102 cm³/mol. The second-order valence-corrected chi connectivity index (χ2v) is 8.88. The van der Waals surface area contributed by atoms with Crippen LogP contribution in [0.1, 0.15) is 81.9 Å². The highest BCUT2D eigenvalue weighted by atomic mass is 32.2. The van der Waals surface area contributed by atoms with Gasteiger partial charge in [-0.25, -0.2) is 8.42 Å². The summed E-state index contributed by atoms with van der Waals surface area (Å²) in [5.74, 6) is -1.35. The molecule has 142 valence electrons. The average molecular weight is 369 g/mol. The van der Waals surface area contributed by atoms with Crippen LogP contribution in [0.4, 0.5) is 0 Å². The van der Waals surface area contributed by atoms with Crippen LogP contribution in [0.5, 0.6) is 0 Å². The molecule has 1 atom stereocenters. The van der Waals surface area contributed by atoms with E-state index in [1.54, 1.807) is 30.3 Å². The monoisotopic (exact) mass is 368 g/mol. The van der Waals surface area contributed by atoms with Crippen LogP contribution in [-0.2, 0) is 14.6 Å². The minimum Gasteiger partial charge on any atom is -0.480 e. The fourth-order valence-corrected chi connectivity index (χ4v) is 4.76. The van der Waals surface area contributed by atoms with E-state index in [1.807, 2.05) is 0 Å². The summed E-state index contributed by atoms with van der Waals surface area (Å²) in [6.07, 6.45) is 11.2. The summed E-state index contributed by atoms with van der Waals surface area (Å²) in [5, 5.41) is 7.89. The third-order valence-corrected chi connectivity index (χ3v) is 6.52. The van der Waals surface area contributed by atoms with Crippen LogP contribution in [0.25, 0.3) is 0 Å². The Morgan fingerprint density at radius 2 is 1.36 bits per heavy atom. The number of carboxylic acid groups (broad SMARTS) is 1. The van der Waals surface area contributed by atoms with E-state index >= 15 is 0 Å². The van der Waals surface area contributed by atoms with Crippen molar-refractivity contribution in [2.75, 3.05) is 5.75 Å². The number of carboxylic acids is 1. The van der Waals surface area contributed by atoms with Crippen molar-refractivity contribution in [1.29, 1.82) is 0 Å². The van der Waals surface area contributed by atoms with E-state index in [2.05, 4.69) is 6.92 Å². The van der Waals surface area contributed by atoms with E-state index in [-0.39, 0.29) is 5.75 Å². The van der Waals surface area contributed by atoms with Crippen LogP contribution >= 0.6 is 0 Å². The number of rotatable bonds is 14. The van der Waals surface area contributed by atoms with Crippen molar-refractivity contribution < 1.29 is 18.3 Å². The SMILES string of the molecule is CCCCCCCCCCCCS(=O)(=O)C(C(=O)O)c1ccccc1. The van der Waals surface area contributed by atoms with Gasteiger partial charge in [-0.2, -0.15) is 0 Å². The molecule has 1 rings (SSSR count). The molecule has 0 aliphatic carbocycles. The molecule has 0 bridgehead atoms. The standard InChI is InChI=1S/C20H32O4S/c1-2-3-4-5-6-7-8-9-10-14-17-25(23,24)19(20(21)22)18-15-12-11-13-16-18/h11-13,15-16,19H,2-10,14,17H2,1H3,(H,21,22). The Hall–Kier alpha value is -1.36. The van der Waals surface area contributed by atoms with Crippen LogP contribution < -0.4 is 0 Å². The largest absolute Gasteiger partial charge is 0.480 e. The number of hydrogen-bond donors (Lipinski definition) is 1. The molecule has 0 spiro atoms. The average Bonchev–Trinajstić information content (AvgIpc) is 2.57. The van der Waals surface area contributed by atoms with Gasteiger partial charge in [0.15, 0.2) is 15.1 Å². The Balaban J connectivity index is 2.31. The van der Waals surface area contributed by atoms with Crippen LogP contribution in [0.2, 0.25) is 0 Å². The first-order chi connectivity index (χ1) is 12.0. The first-order valence-corrected chi connectivity index (χ1v) is 11.2. The highest BCUT2D eigenvalue weighted by Gasteiger charge is 2.33. The Bertz CT molecular complexity index is 581. The van der Waals surface area contributed by atoms with Crippen LogP contribution in [0.15, 0.2) is 30.3 Å². The summed E-state index contributed by atoms with van der Waals surface area (Å²) < 4.78 is 24.9.